The predicted molar refractivity (Wildman–Crippen MR) is 148 cm³/mol. The molecule has 0 aliphatic heterocycles. The summed E-state index contributed by atoms with van der Waals surface area (Å²) in [5.74, 6) is -0.395. The Balaban J connectivity index is 1.77. The zero-order chi connectivity index (χ0) is 23.1. The minimum absolute atomic E-state index is 0.00348. The van der Waals surface area contributed by atoms with Crippen molar-refractivity contribution in [1.82, 2.24) is 14.8 Å². The Labute approximate surface area is 214 Å². The van der Waals surface area contributed by atoms with E-state index in [1.165, 1.54) is 4.57 Å². The molecule has 31 heavy (non-hydrogen) atoms. The third-order valence-electron chi connectivity index (χ3n) is 5.42. The van der Waals surface area contributed by atoms with E-state index in [-0.39, 0.29) is 39.7 Å². The highest BCUT2D eigenvalue weighted by molar-refractivity contribution is 14.2. The molecule has 8 nitrogen and oxygen atoms in total. The summed E-state index contributed by atoms with van der Waals surface area (Å²) >= 11 is 4.23. The molecule has 14 heteroatoms. The molecular formula is C17H28B2I2N4O4P2. The molecule has 170 valence electrons. The lowest BCUT2D eigenvalue weighted by atomic mass is 9.97. The number of nitrogens with two attached hydrogens (primary N) is 1. The van der Waals surface area contributed by atoms with Gasteiger partial charge in [-0.3, -0.25) is 14.2 Å². The monoisotopic (exact) mass is 690 g/mol. The maximum Gasteiger partial charge on any atom is 0.278 e. The van der Waals surface area contributed by atoms with Crippen molar-refractivity contribution in [2.24, 2.45) is 11.7 Å². The smallest absolute Gasteiger partial charge is 0.278 e. The van der Waals surface area contributed by atoms with Gasteiger partial charge in [-0.15, -0.1) is 22.4 Å². The molecule has 5 N–H and O–H groups in total. The molecule has 4 unspecified atom stereocenters. The van der Waals surface area contributed by atoms with E-state index < -0.39 is 11.4 Å². The topological polar surface area (TPSA) is 121 Å². The maximum absolute atomic E-state index is 12.5. The highest BCUT2D eigenvalue weighted by Crippen LogP contribution is 2.50. The molecule has 1 aliphatic carbocycles. The number of rotatable bonds is 13. The fourth-order valence-corrected chi connectivity index (χ4v) is 6.58. The molecule has 0 amide bonds. The van der Waals surface area contributed by atoms with Crippen molar-refractivity contribution >= 4 is 87.9 Å². The number of aromatic nitrogens is 1. The van der Waals surface area contributed by atoms with Crippen LogP contribution in [0.15, 0.2) is 6.07 Å². The van der Waals surface area contributed by atoms with Crippen LogP contribution in [0.4, 0.5) is 0 Å². The van der Waals surface area contributed by atoms with Gasteiger partial charge in [0.15, 0.2) is 17.5 Å². The van der Waals surface area contributed by atoms with E-state index in [1.807, 2.05) is 0 Å². The van der Waals surface area contributed by atoms with Gasteiger partial charge in [0, 0.05) is 56.8 Å². The number of hydrogen-bond acceptors (Lipinski definition) is 7. The molecule has 1 saturated carbocycles. The zero-order valence-electron chi connectivity index (χ0n) is 17.2. The molecule has 1 fully saturated rings. The van der Waals surface area contributed by atoms with E-state index in [0.717, 1.165) is 6.54 Å². The Bertz CT molecular complexity index is 773. The fourth-order valence-electron chi connectivity index (χ4n) is 3.69. The van der Waals surface area contributed by atoms with Crippen molar-refractivity contribution in [2.75, 3.05) is 39.3 Å². The Kier molecular flexibility index (Phi) is 12.0. The summed E-state index contributed by atoms with van der Waals surface area (Å²) in [6.07, 6.45) is 0.789. The Morgan fingerprint density at radius 1 is 1.35 bits per heavy atom. The van der Waals surface area contributed by atoms with Crippen molar-refractivity contribution in [2.45, 2.75) is 25.0 Å². The first-order chi connectivity index (χ1) is 14.7. The van der Waals surface area contributed by atoms with Gasteiger partial charge >= 0.3 is 0 Å². The van der Waals surface area contributed by atoms with Gasteiger partial charge in [-0.25, -0.2) is 0 Å². The van der Waals surface area contributed by atoms with E-state index in [0.29, 0.717) is 51.2 Å². The normalized spacial score (nSPS) is 20.0. The summed E-state index contributed by atoms with van der Waals surface area (Å²) in [5.41, 5.74) is 5.16. The number of ketones is 2. The average molecular weight is 690 g/mol. The number of Topliss-reactive ketones (excluding diaryl/α,β-unsaturated/α-hetero) is 2. The van der Waals surface area contributed by atoms with E-state index in [1.54, 1.807) is 6.07 Å². The predicted octanol–water partition coefficient (Wildman–Crippen LogP) is 0.587. The summed E-state index contributed by atoms with van der Waals surface area (Å²) in [7, 11) is 8.48. The van der Waals surface area contributed by atoms with Gasteiger partial charge in [-0.2, -0.15) is 9.12 Å². The van der Waals surface area contributed by atoms with Gasteiger partial charge in [-0.1, -0.05) is 27.5 Å². The van der Waals surface area contributed by atoms with Crippen molar-refractivity contribution in [3.8, 4) is 11.8 Å². The lowest BCUT2D eigenvalue weighted by molar-refractivity contribution is -0.127. The molecule has 2 radical (unpaired) electrons. The minimum Gasteiger partial charge on any atom is -0.495 e. The average Bonchev–Trinajstić information content (AvgIpc) is 3.15. The number of hydrogen-bond donors (Lipinski definition) is 4. The number of nitrogens with one attached hydrogen (secondary N) is 1. The van der Waals surface area contributed by atoms with Crippen molar-refractivity contribution < 1.29 is 19.8 Å². The van der Waals surface area contributed by atoms with Crippen molar-refractivity contribution in [3.05, 3.63) is 6.07 Å². The lowest BCUT2D eigenvalue weighted by Crippen LogP contribution is -2.38. The number of halogens is 2. The molecule has 0 spiro atoms. The van der Waals surface area contributed by atoms with Crippen molar-refractivity contribution in [3.63, 3.8) is 0 Å². The third-order valence-corrected chi connectivity index (χ3v) is 9.50. The Hall–Kier alpha value is 0.550. The van der Waals surface area contributed by atoms with E-state index in [2.05, 4.69) is 63.8 Å². The molecule has 0 bridgehead atoms. The van der Waals surface area contributed by atoms with Crippen LogP contribution in [0, 0.1) is 5.92 Å². The van der Waals surface area contributed by atoms with E-state index >= 15 is 0 Å². The second-order valence-electron chi connectivity index (χ2n) is 7.49. The van der Waals surface area contributed by atoms with Gasteiger partial charge in [-0.05, 0) is 19.0 Å². The molecule has 1 aromatic rings. The summed E-state index contributed by atoms with van der Waals surface area (Å²) in [6.45, 7) is 4.23. The SMILES string of the molecule is [B]P(I)C1CC(=O)C(CCN(CCN)CCNCCn2c(O)cc(B(P)I)c2O)C1=O. The molecule has 2 rings (SSSR count). The Morgan fingerprint density at radius 2 is 2.06 bits per heavy atom. The van der Waals surface area contributed by atoms with Crippen molar-refractivity contribution in [1.29, 1.82) is 0 Å². The van der Waals surface area contributed by atoms with Crippen LogP contribution < -0.4 is 16.5 Å². The molecule has 1 heterocycles. The number of nitrogens with zero attached hydrogens (tertiary/aromatic N) is 2. The first-order valence-electron chi connectivity index (χ1n) is 10.1. The van der Waals surface area contributed by atoms with Crippen LogP contribution in [-0.2, 0) is 16.1 Å². The largest absolute Gasteiger partial charge is 0.495 e. The quantitative estimate of drug-likeness (QED) is 0.0788. The van der Waals surface area contributed by atoms with Gasteiger partial charge < -0.3 is 26.2 Å². The number of aromatic hydroxyl groups is 2. The number of carbonyl (C=O) groups is 2. The van der Waals surface area contributed by atoms with Crippen LogP contribution in [-0.4, -0.2) is 88.0 Å². The van der Waals surface area contributed by atoms with E-state index in [4.69, 9.17) is 13.3 Å². The molecule has 0 aromatic carbocycles. The van der Waals surface area contributed by atoms with Crippen LogP contribution in [0.3, 0.4) is 0 Å². The number of carbonyl (C=O) groups excluding carboxylic acids is 2. The summed E-state index contributed by atoms with van der Waals surface area (Å²) < 4.78 is 1.49. The summed E-state index contributed by atoms with van der Waals surface area (Å²) in [4.78, 5) is 26.9. The highest BCUT2D eigenvalue weighted by atomic mass is 127. The third kappa shape index (κ3) is 7.79. The minimum atomic E-state index is -0.950. The first-order valence-corrected chi connectivity index (χ1v) is 16.2. The lowest BCUT2D eigenvalue weighted by Gasteiger charge is -2.23. The van der Waals surface area contributed by atoms with Gasteiger partial charge in [0.1, 0.15) is 13.3 Å². The van der Waals surface area contributed by atoms with Crippen LogP contribution in [0.1, 0.15) is 12.8 Å². The molecular weight excluding hydrogens is 662 g/mol. The van der Waals surface area contributed by atoms with Gasteiger partial charge in [0.25, 0.3) is 4.29 Å². The van der Waals surface area contributed by atoms with Gasteiger partial charge in [0.05, 0.1) is 5.92 Å². The molecule has 0 saturated heterocycles. The standard InChI is InChI=1S/C17H28B2I2N4O4P2/c18-31(21)14-10-13(26)11(16(14)28)1-5-24(6-2-22)7-3-23-4-8-25-15(27)9-12(17(25)29)19(20)30/h9,11,14,23,27,29H,1-8,10,22,30H2. The second kappa shape index (κ2) is 13.4. The van der Waals surface area contributed by atoms with E-state index in [9.17, 15) is 19.8 Å². The highest BCUT2D eigenvalue weighted by Gasteiger charge is 2.42. The fraction of sp³-hybridized carbons (Fsp3) is 0.647. The summed E-state index contributed by atoms with van der Waals surface area (Å²) in [6, 6.07) is 1.57. The van der Waals surface area contributed by atoms with Crippen LogP contribution in [0.25, 0.3) is 0 Å². The molecule has 1 aliphatic rings. The molecule has 1 aromatic heterocycles. The van der Waals surface area contributed by atoms with Crippen LogP contribution >= 0.6 is 59.0 Å². The van der Waals surface area contributed by atoms with Gasteiger partial charge in [0.2, 0.25) is 0 Å². The molecule has 4 atom stereocenters. The van der Waals surface area contributed by atoms with Crippen LogP contribution in [0.2, 0.25) is 0 Å². The first kappa shape index (κ1) is 27.8. The Morgan fingerprint density at radius 3 is 2.61 bits per heavy atom. The second-order valence-corrected chi connectivity index (χ2v) is 15.5. The zero-order valence-corrected chi connectivity index (χ0v) is 23.6. The summed E-state index contributed by atoms with van der Waals surface area (Å²) in [5, 5.41) is 23.6. The maximum atomic E-state index is 12.5. The van der Waals surface area contributed by atoms with Crippen LogP contribution in [0.5, 0.6) is 11.8 Å².